The number of halogens is 3. The number of nitrogens with one attached hydrogen (secondary N) is 1. The Hall–Kier alpha value is -4.32. The van der Waals surface area contributed by atoms with Gasteiger partial charge in [-0.05, 0) is 53.1 Å². The number of pyridine rings is 3. The van der Waals surface area contributed by atoms with Gasteiger partial charge in [0.25, 0.3) is 10.0 Å². The third-order valence-corrected chi connectivity index (χ3v) is 6.79. The fourth-order valence-electron chi connectivity index (χ4n) is 3.83. The molecule has 0 amide bonds. The molecule has 0 aliphatic heterocycles. The van der Waals surface area contributed by atoms with E-state index in [9.17, 15) is 21.6 Å². The molecular weight excluding hydrogens is 493 g/mol. The second-order valence-electron chi connectivity index (χ2n) is 7.91. The van der Waals surface area contributed by atoms with Crippen molar-refractivity contribution in [2.24, 2.45) is 7.05 Å². The maximum Gasteiger partial charge on any atom is 0.436 e. The summed E-state index contributed by atoms with van der Waals surface area (Å²) in [6, 6.07) is 12.7. The quantitative estimate of drug-likeness (QED) is 0.360. The van der Waals surface area contributed by atoms with Crippen LogP contribution in [0.25, 0.3) is 33.2 Å². The van der Waals surface area contributed by atoms with Gasteiger partial charge in [0.05, 0.1) is 17.4 Å². The van der Waals surface area contributed by atoms with Crippen LogP contribution in [-0.4, -0.2) is 33.2 Å². The summed E-state index contributed by atoms with van der Waals surface area (Å²) in [6.07, 6.45) is 3.72. The van der Waals surface area contributed by atoms with Gasteiger partial charge in [-0.15, -0.1) is 0 Å². The number of aryl methyl sites for hydroxylation is 1. The second-order valence-corrected chi connectivity index (χ2v) is 9.56. The van der Waals surface area contributed by atoms with Gasteiger partial charge in [0, 0.05) is 49.0 Å². The molecule has 4 aromatic heterocycles. The fraction of sp³-hybridized carbons (Fsp3) is 0.0833. The predicted octanol–water partition coefficient (Wildman–Crippen LogP) is 4.91. The number of anilines is 1. The van der Waals surface area contributed by atoms with E-state index in [4.69, 9.17) is 0 Å². The van der Waals surface area contributed by atoms with Crippen LogP contribution in [-0.2, 0) is 23.2 Å². The third kappa shape index (κ3) is 4.50. The molecule has 0 saturated carbocycles. The summed E-state index contributed by atoms with van der Waals surface area (Å²) in [5.74, 6) is 0. The number of benzene rings is 1. The Labute approximate surface area is 203 Å². The lowest BCUT2D eigenvalue weighted by Gasteiger charge is -2.11. The number of aromatic nitrogens is 5. The number of hydrogen-bond donors (Lipinski definition) is 1. The first kappa shape index (κ1) is 23.4. The van der Waals surface area contributed by atoms with Crippen molar-refractivity contribution in [1.82, 2.24) is 24.7 Å². The molecule has 0 atom stereocenters. The standard InChI is InChI=1S/C24H17F3N6O2S/c1-33-14-22(23(31-33)24(25,26)27)36(34,35)32-18-10-17(12-29-13-18)16-2-3-21-20(11-16)19(6-9-30-21)15-4-7-28-8-5-15/h2-14,32H,1H3. The lowest BCUT2D eigenvalue weighted by atomic mass is 9.98. The van der Waals surface area contributed by atoms with Crippen molar-refractivity contribution in [3.05, 3.63) is 85.3 Å². The molecular formula is C24H17F3N6O2S. The zero-order valence-corrected chi connectivity index (χ0v) is 19.4. The topological polar surface area (TPSA) is 103 Å². The molecule has 0 unspecified atom stereocenters. The first-order chi connectivity index (χ1) is 17.1. The van der Waals surface area contributed by atoms with Crippen molar-refractivity contribution in [1.29, 1.82) is 0 Å². The number of hydrogen-bond acceptors (Lipinski definition) is 6. The van der Waals surface area contributed by atoms with Gasteiger partial charge in [-0.3, -0.25) is 24.4 Å². The predicted molar refractivity (Wildman–Crippen MR) is 127 cm³/mol. The highest BCUT2D eigenvalue weighted by atomic mass is 32.2. The van der Waals surface area contributed by atoms with Crippen LogP contribution in [0.5, 0.6) is 0 Å². The highest BCUT2D eigenvalue weighted by molar-refractivity contribution is 7.92. The Bertz CT molecular complexity index is 1690. The zero-order chi connectivity index (χ0) is 25.5. The van der Waals surface area contributed by atoms with Crippen LogP contribution in [0, 0.1) is 0 Å². The van der Waals surface area contributed by atoms with Gasteiger partial charge in [0.15, 0.2) is 5.69 Å². The molecule has 0 bridgehead atoms. The van der Waals surface area contributed by atoms with E-state index in [2.05, 4.69) is 24.8 Å². The zero-order valence-electron chi connectivity index (χ0n) is 18.6. The van der Waals surface area contributed by atoms with Gasteiger partial charge in [-0.1, -0.05) is 6.07 Å². The van der Waals surface area contributed by atoms with Crippen LogP contribution in [0.4, 0.5) is 18.9 Å². The van der Waals surface area contributed by atoms with Crippen LogP contribution < -0.4 is 4.72 Å². The summed E-state index contributed by atoms with van der Waals surface area (Å²) in [6.45, 7) is 0. The molecule has 0 spiro atoms. The Kier molecular flexibility index (Phi) is 5.67. The van der Waals surface area contributed by atoms with Gasteiger partial charge >= 0.3 is 6.18 Å². The van der Waals surface area contributed by atoms with Gasteiger partial charge < -0.3 is 0 Å². The van der Waals surface area contributed by atoms with Crippen molar-refractivity contribution in [3.63, 3.8) is 0 Å². The van der Waals surface area contributed by atoms with Crippen LogP contribution >= 0.6 is 0 Å². The fourth-order valence-corrected chi connectivity index (χ4v) is 5.07. The minimum absolute atomic E-state index is 0.00474. The van der Waals surface area contributed by atoms with E-state index < -0.39 is 26.8 Å². The highest BCUT2D eigenvalue weighted by Gasteiger charge is 2.41. The summed E-state index contributed by atoms with van der Waals surface area (Å²) < 4.78 is 68.5. The molecule has 5 aromatic rings. The van der Waals surface area contributed by atoms with E-state index in [-0.39, 0.29) is 5.69 Å². The lowest BCUT2D eigenvalue weighted by molar-refractivity contribution is -0.143. The molecule has 0 saturated heterocycles. The molecule has 1 aromatic carbocycles. The molecule has 0 aliphatic carbocycles. The minimum atomic E-state index is -4.93. The number of sulfonamides is 1. The van der Waals surface area contributed by atoms with Gasteiger partial charge in [0.2, 0.25) is 0 Å². The summed E-state index contributed by atoms with van der Waals surface area (Å²) >= 11 is 0. The van der Waals surface area contributed by atoms with Gasteiger partial charge in [-0.2, -0.15) is 18.3 Å². The lowest BCUT2D eigenvalue weighted by Crippen LogP contribution is -2.18. The number of alkyl halides is 3. The summed E-state index contributed by atoms with van der Waals surface area (Å²) in [5, 5.41) is 4.12. The van der Waals surface area contributed by atoms with Gasteiger partial charge in [0.1, 0.15) is 4.90 Å². The van der Waals surface area contributed by atoms with Crippen molar-refractivity contribution in [3.8, 4) is 22.3 Å². The number of nitrogens with zero attached hydrogens (tertiary/aromatic N) is 5. The highest BCUT2D eigenvalue weighted by Crippen LogP contribution is 2.34. The van der Waals surface area contributed by atoms with Crippen LogP contribution in [0.15, 0.2) is 84.5 Å². The van der Waals surface area contributed by atoms with Crippen LogP contribution in [0.3, 0.4) is 0 Å². The Balaban J connectivity index is 1.53. The molecule has 1 N–H and O–H groups in total. The number of fused-ring (bicyclic) bond motifs is 1. The Morgan fingerprint density at radius 3 is 2.42 bits per heavy atom. The second kappa shape index (κ2) is 8.72. The van der Waals surface area contributed by atoms with E-state index in [1.165, 1.54) is 25.5 Å². The van der Waals surface area contributed by atoms with E-state index in [1.54, 1.807) is 18.6 Å². The van der Waals surface area contributed by atoms with Crippen molar-refractivity contribution in [2.75, 3.05) is 4.72 Å². The van der Waals surface area contributed by atoms with E-state index in [0.29, 0.717) is 5.56 Å². The van der Waals surface area contributed by atoms with Crippen molar-refractivity contribution < 1.29 is 21.6 Å². The molecule has 8 nitrogen and oxygen atoms in total. The molecule has 0 radical (unpaired) electrons. The summed E-state index contributed by atoms with van der Waals surface area (Å²) in [4.78, 5) is 11.6. The van der Waals surface area contributed by atoms with E-state index in [1.807, 2.05) is 36.4 Å². The monoisotopic (exact) mass is 510 g/mol. The van der Waals surface area contributed by atoms with E-state index in [0.717, 1.165) is 38.5 Å². The maximum absolute atomic E-state index is 13.3. The normalized spacial score (nSPS) is 12.1. The average Bonchev–Trinajstić information content (AvgIpc) is 3.27. The van der Waals surface area contributed by atoms with Crippen molar-refractivity contribution >= 4 is 26.6 Å². The largest absolute Gasteiger partial charge is 0.436 e. The Morgan fingerprint density at radius 1 is 0.889 bits per heavy atom. The van der Waals surface area contributed by atoms with Crippen molar-refractivity contribution in [2.45, 2.75) is 11.1 Å². The maximum atomic E-state index is 13.3. The SMILES string of the molecule is Cn1cc(S(=O)(=O)Nc2cncc(-c3ccc4nccc(-c5ccncc5)c4c3)c2)c(C(F)(F)F)n1. The van der Waals surface area contributed by atoms with Crippen LogP contribution in [0.1, 0.15) is 5.69 Å². The molecule has 12 heteroatoms. The molecule has 0 aliphatic rings. The van der Waals surface area contributed by atoms with E-state index >= 15 is 0 Å². The first-order valence-electron chi connectivity index (χ1n) is 10.5. The molecule has 182 valence electrons. The first-order valence-corrected chi connectivity index (χ1v) is 12.0. The molecule has 4 heterocycles. The smallest absolute Gasteiger partial charge is 0.278 e. The molecule has 5 rings (SSSR count). The van der Waals surface area contributed by atoms with Crippen LogP contribution in [0.2, 0.25) is 0 Å². The number of rotatable bonds is 5. The summed E-state index contributed by atoms with van der Waals surface area (Å²) in [5.41, 5.74) is 2.43. The summed E-state index contributed by atoms with van der Waals surface area (Å²) in [7, 11) is -3.38. The minimum Gasteiger partial charge on any atom is -0.278 e. The van der Waals surface area contributed by atoms with Gasteiger partial charge in [-0.25, -0.2) is 8.42 Å². The average molecular weight is 511 g/mol. The molecule has 0 fully saturated rings. The third-order valence-electron chi connectivity index (χ3n) is 5.41. The molecule has 36 heavy (non-hydrogen) atoms. The Morgan fingerprint density at radius 2 is 1.67 bits per heavy atom.